The Hall–Kier alpha value is -1.32. The van der Waals surface area contributed by atoms with Crippen LogP contribution < -0.4 is 4.57 Å². The summed E-state index contributed by atoms with van der Waals surface area (Å²) in [6, 6.07) is 0. The molecule has 4 heteroatoms. The van der Waals surface area contributed by atoms with Gasteiger partial charge in [-0.25, -0.2) is 13.9 Å². The third-order valence-corrected chi connectivity index (χ3v) is 3.40. The van der Waals surface area contributed by atoms with Crippen molar-refractivity contribution in [1.29, 1.82) is 0 Å². The molecule has 1 rings (SSSR count). The van der Waals surface area contributed by atoms with E-state index in [0.717, 1.165) is 38.1 Å². The molecule has 19 heavy (non-hydrogen) atoms. The average Bonchev–Trinajstić information content (AvgIpc) is 2.74. The number of carboxylic acid groups (broad SMARTS) is 1. The van der Waals surface area contributed by atoms with E-state index in [0.29, 0.717) is 0 Å². The summed E-state index contributed by atoms with van der Waals surface area (Å²) in [7, 11) is 0. The SMILES string of the molecule is CCCCCCc1n(CCCC)cc[n+]1CC(=O)O. The zero-order valence-electron chi connectivity index (χ0n) is 12.3. The van der Waals surface area contributed by atoms with Crippen LogP contribution >= 0.6 is 0 Å². The van der Waals surface area contributed by atoms with Gasteiger partial charge in [0.2, 0.25) is 0 Å². The summed E-state index contributed by atoms with van der Waals surface area (Å²) in [5.41, 5.74) is 0. The maximum absolute atomic E-state index is 10.9. The fourth-order valence-corrected chi connectivity index (χ4v) is 2.32. The minimum atomic E-state index is -0.770. The van der Waals surface area contributed by atoms with Gasteiger partial charge in [0.1, 0.15) is 12.4 Å². The first-order valence-electron chi connectivity index (χ1n) is 7.48. The second kappa shape index (κ2) is 8.73. The maximum Gasteiger partial charge on any atom is 0.346 e. The number of carbonyl (C=O) groups is 1. The zero-order chi connectivity index (χ0) is 14.1. The van der Waals surface area contributed by atoms with Crippen LogP contribution in [0.2, 0.25) is 0 Å². The van der Waals surface area contributed by atoms with Crippen molar-refractivity contribution in [3.63, 3.8) is 0 Å². The smallest absolute Gasteiger partial charge is 0.346 e. The fourth-order valence-electron chi connectivity index (χ4n) is 2.32. The van der Waals surface area contributed by atoms with Crippen LogP contribution in [0.1, 0.15) is 58.2 Å². The Bertz CT molecular complexity index is 385. The second-order valence-electron chi connectivity index (χ2n) is 5.09. The highest BCUT2D eigenvalue weighted by molar-refractivity contribution is 5.64. The first-order valence-corrected chi connectivity index (χ1v) is 7.48. The number of hydrogen-bond acceptors (Lipinski definition) is 1. The third kappa shape index (κ3) is 5.45. The van der Waals surface area contributed by atoms with Gasteiger partial charge >= 0.3 is 5.97 Å². The molecule has 1 heterocycles. The standard InChI is InChI=1S/C15H26N2O2/c1-3-5-7-8-9-14-16(10-6-4-2)11-12-17(14)13-15(18)19/h11-12H,3-10,13H2,1-2H3/p+1. The van der Waals surface area contributed by atoms with Gasteiger partial charge in [0.05, 0.1) is 6.54 Å². The van der Waals surface area contributed by atoms with Crippen molar-refractivity contribution in [3.05, 3.63) is 18.2 Å². The monoisotopic (exact) mass is 267 g/mol. The quantitative estimate of drug-likeness (QED) is 0.523. The minimum Gasteiger partial charge on any atom is -0.478 e. The molecule has 1 N–H and O–H groups in total. The molecule has 0 unspecified atom stereocenters. The van der Waals surface area contributed by atoms with Gasteiger partial charge in [-0.3, -0.25) is 0 Å². The van der Waals surface area contributed by atoms with Crippen LogP contribution in [0.15, 0.2) is 12.4 Å². The van der Waals surface area contributed by atoms with Gasteiger partial charge < -0.3 is 5.11 Å². The molecule has 0 atom stereocenters. The van der Waals surface area contributed by atoms with E-state index in [-0.39, 0.29) is 6.54 Å². The first-order chi connectivity index (χ1) is 9.19. The van der Waals surface area contributed by atoms with Crippen LogP contribution in [0, 0.1) is 0 Å². The van der Waals surface area contributed by atoms with E-state index >= 15 is 0 Å². The van der Waals surface area contributed by atoms with E-state index in [2.05, 4.69) is 18.4 Å². The summed E-state index contributed by atoms with van der Waals surface area (Å²) in [5.74, 6) is 0.389. The van der Waals surface area contributed by atoms with Crippen LogP contribution in [-0.2, 0) is 24.3 Å². The Morgan fingerprint density at radius 1 is 1.21 bits per heavy atom. The third-order valence-electron chi connectivity index (χ3n) is 3.40. The molecule has 108 valence electrons. The molecule has 1 aromatic rings. The van der Waals surface area contributed by atoms with Crippen molar-refractivity contribution >= 4 is 5.97 Å². The van der Waals surface area contributed by atoms with Crippen molar-refractivity contribution < 1.29 is 14.5 Å². The molecular weight excluding hydrogens is 240 g/mol. The lowest BCUT2D eigenvalue weighted by Gasteiger charge is -2.04. The summed E-state index contributed by atoms with van der Waals surface area (Å²) < 4.78 is 4.10. The van der Waals surface area contributed by atoms with Crippen molar-refractivity contribution in [3.8, 4) is 0 Å². The number of aryl methyl sites for hydroxylation is 1. The second-order valence-corrected chi connectivity index (χ2v) is 5.09. The van der Waals surface area contributed by atoms with Crippen molar-refractivity contribution in [2.75, 3.05) is 0 Å². The predicted octanol–water partition coefficient (Wildman–Crippen LogP) is 2.78. The molecule has 0 saturated heterocycles. The normalized spacial score (nSPS) is 10.8. The summed E-state index contributed by atoms with van der Waals surface area (Å²) in [6.45, 7) is 5.44. The van der Waals surface area contributed by atoms with Crippen LogP contribution in [0.4, 0.5) is 0 Å². The van der Waals surface area contributed by atoms with Crippen LogP contribution in [-0.4, -0.2) is 15.6 Å². The molecule has 0 aromatic carbocycles. The lowest BCUT2D eigenvalue weighted by Crippen LogP contribution is -2.41. The average molecular weight is 267 g/mol. The Kier molecular flexibility index (Phi) is 7.23. The number of aliphatic carboxylic acids is 1. The molecule has 0 spiro atoms. The number of aromatic nitrogens is 2. The summed E-state index contributed by atoms with van der Waals surface area (Å²) in [5, 5.41) is 8.96. The van der Waals surface area contributed by atoms with E-state index in [1.165, 1.54) is 19.3 Å². The lowest BCUT2D eigenvalue weighted by atomic mass is 10.1. The number of rotatable bonds is 10. The molecule has 0 amide bonds. The van der Waals surface area contributed by atoms with Gasteiger partial charge in [-0.15, -0.1) is 0 Å². The van der Waals surface area contributed by atoms with E-state index < -0.39 is 5.97 Å². The molecule has 1 aromatic heterocycles. The van der Waals surface area contributed by atoms with Crippen molar-refractivity contribution in [2.24, 2.45) is 0 Å². The Morgan fingerprint density at radius 2 is 1.95 bits per heavy atom. The highest BCUT2D eigenvalue weighted by Crippen LogP contribution is 2.07. The number of carboxylic acids is 1. The summed E-state index contributed by atoms with van der Waals surface area (Å²) in [6.07, 6.45) is 12.1. The first kappa shape index (κ1) is 15.7. The summed E-state index contributed by atoms with van der Waals surface area (Å²) in [4.78, 5) is 10.9. The minimum absolute atomic E-state index is 0.0717. The maximum atomic E-state index is 10.9. The predicted molar refractivity (Wildman–Crippen MR) is 75.0 cm³/mol. The molecule has 4 nitrogen and oxygen atoms in total. The molecule has 0 aliphatic heterocycles. The largest absolute Gasteiger partial charge is 0.478 e. The molecule has 0 aliphatic rings. The van der Waals surface area contributed by atoms with Crippen molar-refractivity contribution in [1.82, 2.24) is 4.57 Å². The molecule has 0 bridgehead atoms. The van der Waals surface area contributed by atoms with Gasteiger partial charge in [-0.05, 0) is 12.8 Å². The number of hydrogen-bond donors (Lipinski definition) is 1. The molecule has 0 aliphatic carbocycles. The Balaban J connectivity index is 2.68. The Labute approximate surface area is 116 Å². The highest BCUT2D eigenvalue weighted by Gasteiger charge is 2.18. The number of imidazole rings is 1. The van der Waals surface area contributed by atoms with Gasteiger partial charge in [-0.2, -0.15) is 0 Å². The van der Waals surface area contributed by atoms with E-state index in [1.807, 2.05) is 17.0 Å². The van der Waals surface area contributed by atoms with Crippen LogP contribution in [0.25, 0.3) is 0 Å². The van der Waals surface area contributed by atoms with Crippen molar-refractivity contribution in [2.45, 2.75) is 71.9 Å². The highest BCUT2D eigenvalue weighted by atomic mass is 16.4. The van der Waals surface area contributed by atoms with Gasteiger partial charge in [0.15, 0.2) is 6.54 Å². The molecule has 0 saturated carbocycles. The van der Waals surface area contributed by atoms with Crippen LogP contribution in [0.3, 0.4) is 0 Å². The topological polar surface area (TPSA) is 46.1 Å². The van der Waals surface area contributed by atoms with E-state index in [1.54, 1.807) is 0 Å². The Morgan fingerprint density at radius 3 is 2.58 bits per heavy atom. The van der Waals surface area contributed by atoms with Crippen LogP contribution in [0.5, 0.6) is 0 Å². The molecular formula is C15H27N2O2+. The fraction of sp³-hybridized carbons (Fsp3) is 0.733. The molecule has 0 radical (unpaired) electrons. The lowest BCUT2D eigenvalue weighted by molar-refractivity contribution is -0.692. The van der Waals surface area contributed by atoms with Gasteiger partial charge in [0, 0.05) is 6.42 Å². The van der Waals surface area contributed by atoms with Gasteiger partial charge in [0.25, 0.3) is 5.82 Å². The van der Waals surface area contributed by atoms with Gasteiger partial charge in [-0.1, -0.05) is 39.5 Å². The van der Waals surface area contributed by atoms with E-state index in [9.17, 15) is 4.79 Å². The molecule has 0 fully saturated rings. The van der Waals surface area contributed by atoms with E-state index in [4.69, 9.17) is 5.11 Å². The zero-order valence-corrected chi connectivity index (χ0v) is 12.3. The summed E-state index contributed by atoms with van der Waals surface area (Å²) >= 11 is 0. The number of nitrogens with zero attached hydrogens (tertiary/aromatic N) is 2. The number of unbranched alkanes of at least 4 members (excludes halogenated alkanes) is 4.